The second-order valence-electron chi connectivity index (χ2n) is 7.67. The maximum atomic E-state index is 13.4. The predicted octanol–water partition coefficient (Wildman–Crippen LogP) is 4.51. The quantitative estimate of drug-likeness (QED) is 0.549. The van der Waals surface area contributed by atoms with Crippen LogP contribution >= 0.6 is 11.8 Å². The summed E-state index contributed by atoms with van der Waals surface area (Å²) in [6.07, 6.45) is 3.69. The van der Waals surface area contributed by atoms with E-state index in [-0.39, 0.29) is 11.7 Å². The summed E-state index contributed by atoms with van der Waals surface area (Å²) in [6.45, 7) is 4.67. The SMILES string of the molecule is CC(Sc1nnc(CN2CCCCC2)n1-c1ccccc1)C(=O)Nc1cccc(F)c1. The van der Waals surface area contributed by atoms with Crippen LogP contribution < -0.4 is 5.32 Å². The molecule has 31 heavy (non-hydrogen) atoms. The number of thioether (sulfide) groups is 1. The largest absolute Gasteiger partial charge is 0.325 e. The van der Waals surface area contributed by atoms with Crippen molar-refractivity contribution in [3.63, 3.8) is 0 Å². The molecule has 0 aliphatic carbocycles. The number of para-hydroxylation sites is 1. The third kappa shape index (κ3) is 5.51. The van der Waals surface area contributed by atoms with Crippen LogP contribution in [0.1, 0.15) is 32.0 Å². The van der Waals surface area contributed by atoms with Crippen molar-refractivity contribution in [3.8, 4) is 5.69 Å². The van der Waals surface area contributed by atoms with Gasteiger partial charge in [0.05, 0.1) is 11.8 Å². The average molecular weight is 440 g/mol. The standard InChI is InChI=1S/C23H26FN5OS/c1-17(22(30)25-19-10-8-9-18(24)15-19)31-23-27-26-21(16-28-13-6-3-7-14-28)29(23)20-11-4-2-5-12-20/h2,4-5,8-12,15,17H,3,6-7,13-14,16H2,1H3,(H,25,30). The number of nitrogens with one attached hydrogen (secondary N) is 1. The van der Waals surface area contributed by atoms with Gasteiger partial charge in [0.1, 0.15) is 5.82 Å². The maximum Gasteiger partial charge on any atom is 0.237 e. The lowest BCUT2D eigenvalue weighted by molar-refractivity contribution is -0.115. The second-order valence-corrected chi connectivity index (χ2v) is 8.97. The number of anilines is 1. The molecule has 1 saturated heterocycles. The van der Waals surface area contributed by atoms with Crippen LogP contribution in [0.4, 0.5) is 10.1 Å². The first kappa shape index (κ1) is 21.5. The zero-order chi connectivity index (χ0) is 21.6. The topological polar surface area (TPSA) is 63.1 Å². The molecule has 1 N–H and O–H groups in total. The summed E-state index contributed by atoms with van der Waals surface area (Å²) >= 11 is 1.34. The lowest BCUT2D eigenvalue weighted by Gasteiger charge is -2.26. The Kier molecular flexibility index (Phi) is 6.99. The van der Waals surface area contributed by atoms with Gasteiger partial charge in [-0.3, -0.25) is 14.3 Å². The third-order valence-electron chi connectivity index (χ3n) is 5.27. The zero-order valence-corrected chi connectivity index (χ0v) is 18.3. The molecule has 2 aromatic carbocycles. The van der Waals surface area contributed by atoms with Crippen molar-refractivity contribution in [1.82, 2.24) is 19.7 Å². The summed E-state index contributed by atoms with van der Waals surface area (Å²) in [7, 11) is 0. The maximum absolute atomic E-state index is 13.4. The van der Waals surface area contributed by atoms with Crippen LogP contribution in [0.15, 0.2) is 59.8 Å². The third-order valence-corrected chi connectivity index (χ3v) is 6.31. The van der Waals surface area contributed by atoms with Crippen molar-refractivity contribution in [2.24, 2.45) is 0 Å². The van der Waals surface area contributed by atoms with Gasteiger partial charge < -0.3 is 5.32 Å². The van der Waals surface area contributed by atoms with Crippen molar-refractivity contribution >= 4 is 23.4 Å². The summed E-state index contributed by atoms with van der Waals surface area (Å²) in [4.78, 5) is 15.1. The smallest absolute Gasteiger partial charge is 0.237 e. The number of carbonyl (C=O) groups is 1. The Morgan fingerprint density at radius 1 is 1.10 bits per heavy atom. The number of hydrogen-bond acceptors (Lipinski definition) is 5. The molecular weight excluding hydrogens is 413 g/mol. The molecule has 1 fully saturated rings. The van der Waals surface area contributed by atoms with Gasteiger partial charge in [0.25, 0.3) is 0 Å². The van der Waals surface area contributed by atoms with Gasteiger partial charge in [-0.15, -0.1) is 10.2 Å². The van der Waals surface area contributed by atoms with Gasteiger partial charge in [0, 0.05) is 11.4 Å². The molecular formula is C23H26FN5OS. The van der Waals surface area contributed by atoms with Crippen LogP contribution in [0, 0.1) is 5.82 Å². The summed E-state index contributed by atoms with van der Waals surface area (Å²) in [5, 5.41) is 11.9. The minimum atomic E-state index is -0.433. The van der Waals surface area contributed by atoms with Gasteiger partial charge in [-0.2, -0.15) is 0 Å². The Morgan fingerprint density at radius 2 is 1.87 bits per heavy atom. The minimum Gasteiger partial charge on any atom is -0.325 e. The summed E-state index contributed by atoms with van der Waals surface area (Å²) in [5.74, 6) is 0.272. The molecule has 0 bridgehead atoms. The van der Waals surface area contributed by atoms with Crippen LogP contribution in [-0.4, -0.2) is 43.9 Å². The van der Waals surface area contributed by atoms with E-state index in [9.17, 15) is 9.18 Å². The molecule has 3 aromatic rings. The lowest BCUT2D eigenvalue weighted by Crippen LogP contribution is -2.30. The fourth-order valence-corrected chi connectivity index (χ4v) is 4.54. The predicted molar refractivity (Wildman–Crippen MR) is 121 cm³/mol. The van der Waals surface area contributed by atoms with Crippen molar-refractivity contribution in [1.29, 1.82) is 0 Å². The van der Waals surface area contributed by atoms with E-state index in [1.54, 1.807) is 12.1 Å². The molecule has 6 nitrogen and oxygen atoms in total. The first-order valence-corrected chi connectivity index (χ1v) is 11.4. The Hall–Kier alpha value is -2.71. The molecule has 1 aromatic heterocycles. The van der Waals surface area contributed by atoms with E-state index in [2.05, 4.69) is 20.4 Å². The molecule has 0 radical (unpaired) electrons. The average Bonchev–Trinajstić information content (AvgIpc) is 3.17. The number of aromatic nitrogens is 3. The lowest BCUT2D eigenvalue weighted by atomic mass is 10.1. The molecule has 4 rings (SSSR count). The van der Waals surface area contributed by atoms with Crippen LogP contribution in [0.2, 0.25) is 0 Å². The van der Waals surface area contributed by atoms with Crippen molar-refractivity contribution < 1.29 is 9.18 Å². The van der Waals surface area contributed by atoms with E-state index in [1.807, 2.05) is 41.8 Å². The Bertz CT molecular complexity index is 1020. The Balaban J connectivity index is 1.53. The number of hydrogen-bond donors (Lipinski definition) is 1. The fraction of sp³-hybridized carbons (Fsp3) is 0.348. The Labute approximate surface area is 185 Å². The summed E-state index contributed by atoms with van der Waals surface area (Å²) < 4.78 is 15.5. The van der Waals surface area contributed by atoms with Crippen molar-refractivity contribution in [3.05, 3.63) is 66.2 Å². The molecule has 1 aliphatic heterocycles. The van der Waals surface area contributed by atoms with Crippen LogP contribution in [0.5, 0.6) is 0 Å². The molecule has 0 spiro atoms. The van der Waals surface area contributed by atoms with Crippen molar-refractivity contribution in [2.75, 3.05) is 18.4 Å². The number of benzene rings is 2. The van der Waals surface area contributed by atoms with Gasteiger partial charge in [-0.25, -0.2) is 4.39 Å². The van der Waals surface area contributed by atoms with E-state index in [1.165, 1.54) is 43.2 Å². The molecule has 1 amide bonds. The number of carbonyl (C=O) groups excluding carboxylic acids is 1. The highest BCUT2D eigenvalue weighted by Gasteiger charge is 2.23. The van der Waals surface area contributed by atoms with Gasteiger partial charge in [0.2, 0.25) is 5.91 Å². The number of likely N-dealkylation sites (tertiary alicyclic amines) is 1. The van der Waals surface area contributed by atoms with E-state index < -0.39 is 5.25 Å². The van der Waals surface area contributed by atoms with Crippen molar-refractivity contribution in [2.45, 2.75) is 43.1 Å². The number of amides is 1. The molecule has 1 atom stereocenters. The molecule has 1 unspecified atom stereocenters. The Morgan fingerprint density at radius 3 is 2.61 bits per heavy atom. The van der Waals surface area contributed by atoms with E-state index in [0.29, 0.717) is 10.8 Å². The van der Waals surface area contributed by atoms with E-state index in [4.69, 9.17) is 0 Å². The number of halogens is 1. The molecule has 0 saturated carbocycles. The van der Waals surface area contributed by atoms with E-state index in [0.717, 1.165) is 31.1 Å². The number of piperidine rings is 1. The van der Waals surface area contributed by atoms with Crippen LogP contribution in [0.25, 0.3) is 5.69 Å². The zero-order valence-electron chi connectivity index (χ0n) is 17.5. The molecule has 8 heteroatoms. The van der Waals surface area contributed by atoms with E-state index >= 15 is 0 Å². The minimum absolute atomic E-state index is 0.212. The molecule has 2 heterocycles. The second kappa shape index (κ2) is 10.1. The number of nitrogens with zero attached hydrogens (tertiary/aromatic N) is 4. The summed E-state index contributed by atoms with van der Waals surface area (Å²) in [5.41, 5.74) is 1.41. The van der Waals surface area contributed by atoms with Gasteiger partial charge in [0.15, 0.2) is 11.0 Å². The van der Waals surface area contributed by atoms with Gasteiger partial charge >= 0.3 is 0 Å². The first-order valence-electron chi connectivity index (χ1n) is 10.6. The monoisotopic (exact) mass is 439 g/mol. The fourth-order valence-electron chi connectivity index (χ4n) is 3.65. The highest BCUT2D eigenvalue weighted by molar-refractivity contribution is 8.00. The number of rotatable bonds is 7. The normalized spacial score (nSPS) is 15.5. The molecule has 1 aliphatic rings. The highest BCUT2D eigenvalue weighted by atomic mass is 32.2. The van der Waals surface area contributed by atoms with Crippen LogP contribution in [-0.2, 0) is 11.3 Å². The van der Waals surface area contributed by atoms with Gasteiger partial charge in [-0.1, -0.05) is 42.4 Å². The summed E-state index contributed by atoms with van der Waals surface area (Å²) in [6, 6.07) is 15.9. The first-order chi connectivity index (χ1) is 15.1. The van der Waals surface area contributed by atoms with Crippen LogP contribution in [0.3, 0.4) is 0 Å². The van der Waals surface area contributed by atoms with Gasteiger partial charge in [-0.05, 0) is 63.2 Å². The highest BCUT2D eigenvalue weighted by Crippen LogP contribution is 2.27. The molecule has 162 valence electrons.